The molecule has 1 aliphatic rings. The van der Waals surface area contributed by atoms with Crippen molar-refractivity contribution in [1.82, 2.24) is 4.57 Å². The zero-order chi connectivity index (χ0) is 20.9. The van der Waals surface area contributed by atoms with E-state index in [0.29, 0.717) is 11.3 Å². The molecule has 0 saturated heterocycles. The lowest BCUT2D eigenvalue weighted by Gasteiger charge is -2.49. The Morgan fingerprint density at radius 1 is 1.32 bits per heavy atom. The number of non-ortho nitro benzene ring substituents is 1. The third-order valence-electron chi connectivity index (χ3n) is 5.18. The maximum Gasteiger partial charge on any atom is 0.274 e. The Morgan fingerprint density at radius 3 is 2.61 bits per heavy atom. The molecule has 2 unspecified atom stereocenters. The lowest BCUT2D eigenvalue weighted by molar-refractivity contribution is -0.385. The van der Waals surface area contributed by atoms with Crippen molar-refractivity contribution in [1.29, 1.82) is 0 Å². The van der Waals surface area contributed by atoms with Gasteiger partial charge in [-0.05, 0) is 39.0 Å². The molecule has 1 aromatic carbocycles. The number of pyridine rings is 1. The van der Waals surface area contributed by atoms with Gasteiger partial charge in [0, 0.05) is 30.8 Å². The van der Waals surface area contributed by atoms with Crippen LogP contribution in [0.1, 0.15) is 39.3 Å². The molecule has 1 aliphatic heterocycles. The Bertz CT molecular complexity index is 1020. The summed E-state index contributed by atoms with van der Waals surface area (Å²) >= 11 is 0. The summed E-state index contributed by atoms with van der Waals surface area (Å²) < 4.78 is 7.16. The molecule has 0 radical (unpaired) electrons. The van der Waals surface area contributed by atoms with Gasteiger partial charge in [0.1, 0.15) is 22.6 Å². The van der Waals surface area contributed by atoms with Crippen molar-refractivity contribution in [2.24, 2.45) is 0 Å². The molecule has 0 spiro atoms. The maximum atomic E-state index is 13.0. The smallest absolute Gasteiger partial charge is 0.274 e. The summed E-state index contributed by atoms with van der Waals surface area (Å²) in [4.78, 5) is 35.1. The number of anilines is 1. The molecule has 9 nitrogen and oxygen atoms in total. The number of carbonyl (C=O) groups is 1. The van der Waals surface area contributed by atoms with Gasteiger partial charge in [-0.15, -0.1) is 0 Å². The number of benzene rings is 1. The highest BCUT2D eigenvalue weighted by atomic mass is 16.6. The first-order chi connectivity index (χ1) is 13.0. The monoisotopic (exact) mass is 387 g/mol. The summed E-state index contributed by atoms with van der Waals surface area (Å²) in [5, 5.41) is 25.1. The number of nitro benzene ring substituents is 1. The fraction of sp³-hybridized carbons (Fsp3) is 0.368. The number of ether oxygens (including phenoxy) is 1. The van der Waals surface area contributed by atoms with Crippen LogP contribution in [0.5, 0.6) is 5.75 Å². The van der Waals surface area contributed by atoms with Crippen LogP contribution in [0, 0.1) is 10.1 Å². The highest BCUT2D eigenvalue weighted by molar-refractivity contribution is 5.88. The molecule has 0 aliphatic carbocycles. The van der Waals surface area contributed by atoms with Crippen LogP contribution < -0.4 is 15.6 Å². The van der Waals surface area contributed by atoms with E-state index >= 15 is 0 Å². The predicted molar refractivity (Wildman–Crippen MR) is 102 cm³/mol. The number of hydrogen-bond acceptors (Lipinski definition) is 6. The number of nitrogens with zero attached hydrogens (tertiary/aromatic N) is 2. The minimum atomic E-state index is -1.60. The summed E-state index contributed by atoms with van der Waals surface area (Å²) in [6.45, 7) is 6.14. The molecule has 1 amide bonds. The predicted octanol–water partition coefficient (Wildman–Crippen LogP) is 2.23. The molecule has 148 valence electrons. The first-order valence-electron chi connectivity index (χ1n) is 8.64. The molecule has 2 aromatic rings. The SMILES string of the molecule is CC(=O)Nc1cccn(C2c3cc([N+](=O)[O-])ccc3OC(C)(C)C2(C)O)c1=O. The second-order valence-corrected chi connectivity index (χ2v) is 7.46. The maximum absolute atomic E-state index is 13.0. The first-order valence-corrected chi connectivity index (χ1v) is 8.64. The zero-order valence-electron chi connectivity index (χ0n) is 15.9. The average Bonchev–Trinajstić information content (AvgIpc) is 2.57. The largest absolute Gasteiger partial charge is 0.484 e. The molecule has 1 aromatic heterocycles. The van der Waals surface area contributed by atoms with E-state index in [1.165, 1.54) is 48.9 Å². The molecule has 2 N–H and O–H groups in total. The molecule has 0 bridgehead atoms. The van der Waals surface area contributed by atoms with Gasteiger partial charge in [-0.25, -0.2) is 0 Å². The third kappa shape index (κ3) is 3.03. The van der Waals surface area contributed by atoms with Gasteiger partial charge in [0.15, 0.2) is 0 Å². The number of nitro groups is 1. The number of fused-ring (bicyclic) bond motifs is 1. The molecular weight excluding hydrogens is 366 g/mol. The Labute approximate surface area is 160 Å². The van der Waals surface area contributed by atoms with E-state index in [9.17, 15) is 24.8 Å². The third-order valence-corrected chi connectivity index (χ3v) is 5.18. The van der Waals surface area contributed by atoms with E-state index < -0.39 is 33.6 Å². The van der Waals surface area contributed by atoms with Crippen molar-refractivity contribution >= 4 is 17.3 Å². The van der Waals surface area contributed by atoms with Crippen molar-refractivity contribution in [3.05, 3.63) is 62.6 Å². The van der Waals surface area contributed by atoms with E-state index in [-0.39, 0.29) is 11.4 Å². The van der Waals surface area contributed by atoms with Crippen LogP contribution in [0.25, 0.3) is 0 Å². The first kappa shape index (κ1) is 19.6. The highest BCUT2D eigenvalue weighted by Crippen LogP contribution is 2.48. The van der Waals surface area contributed by atoms with Crippen molar-refractivity contribution < 1.29 is 19.6 Å². The summed E-state index contributed by atoms with van der Waals surface area (Å²) in [7, 11) is 0. The lowest BCUT2D eigenvalue weighted by atomic mass is 9.75. The second-order valence-electron chi connectivity index (χ2n) is 7.46. The van der Waals surface area contributed by atoms with Gasteiger partial charge in [0.2, 0.25) is 5.91 Å². The van der Waals surface area contributed by atoms with Gasteiger partial charge in [0.05, 0.1) is 11.0 Å². The van der Waals surface area contributed by atoms with Gasteiger partial charge in [-0.3, -0.25) is 19.7 Å². The molecule has 28 heavy (non-hydrogen) atoms. The Morgan fingerprint density at radius 2 is 2.00 bits per heavy atom. The summed E-state index contributed by atoms with van der Waals surface area (Å²) in [5.41, 5.74) is -3.09. The minimum Gasteiger partial charge on any atom is -0.484 e. The highest BCUT2D eigenvalue weighted by Gasteiger charge is 2.54. The molecule has 2 atom stereocenters. The van der Waals surface area contributed by atoms with Crippen LogP contribution in [-0.2, 0) is 4.79 Å². The number of carbonyl (C=O) groups excluding carboxylic acids is 1. The summed E-state index contributed by atoms with van der Waals surface area (Å²) in [5.74, 6) is -0.0751. The van der Waals surface area contributed by atoms with Crippen LogP contribution in [0.3, 0.4) is 0 Å². The number of hydrogen-bond donors (Lipinski definition) is 2. The fourth-order valence-electron chi connectivity index (χ4n) is 3.39. The fourth-order valence-corrected chi connectivity index (χ4v) is 3.39. The van der Waals surface area contributed by atoms with Crippen LogP contribution >= 0.6 is 0 Å². The van der Waals surface area contributed by atoms with Gasteiger partial charge in [-0.1, -0.05) is 0 Å². The van der Waals surface area contributed by atoms with Crippen LogP contribution in [0.2, 0.25) is 0 Å². The zero-order valence-corrected chi connectivity index (χ0v) is 15.9. The van der Waals surface area contributed by atoms with Crippen LogP contribution in [0.4, 0.5) is 11.4 Å². The second kappa shape index (κ2) is 6.45. The minimum absolute atomic E-state index is 0.0436. The quantitative estimate of drug-likeness (QED) is 0.615. The topological polar surface area (TPSA) is 124 Å². The number of aromatic nitrogens is 1. The van der Waals surface area contributed by atoms with E-state index in [2.05, 4.69) is 5.32 Å². The number of nitrogens with one attached hydrogen (secondary N) is 1. The Kier molecular flexibility index (Phi) is 4.50. The van der Waals surface area contributed by atoms with Crippen LogP contribution in [-0.4, -0.2) is 31.7 Å². The number of aliphatic hydroxyl groups is 1. The van der Waals surface area contributed by atoms with Crippen molar-refractivity contribution in [2.75, 3.05) is 5.32 Å². The summed E-state index contributed by atoms with van der Waals surface area (Å²) in [6.07, 6.45) is 1.47. The lowest BCUT2D eigenvalue weighted by Crippen LogP contribution is -2.60. The molecule has 2 heterocycles. The average molecular weight is 387 g/mol. The molecule has 9 heteroatoms. The molecule has 0 saturated carbocycles. The van der Waals surface area contributed by atoms with Gasteiger partial charge in [0.25, 0.3) is 11.2 Å². The van der Waals surface area contributed by atoms with Gasteiger partial charge in [-0.2, -0.15) is 0 Å². The Hall–Kier alpha value is -3.20. The van der Waals surface area contributed by atoms with Gasteiger partial charge >= 0.3 is 0 Å². The van der Waals surface area contributed by atoms with E-state index in [0.717, 1.165) is 0 Å². The van der Waals surface area contributed by atoms with Crippen LogP contribution in [0.15, 0.2) is 41.3 Å². The standard InChI is InChI=1S/C19H21N3O6/c1-11(23)20-14-6-5-9-21(17(14)24)16-13-10-12(22(26)27)7-8-15(13)28-18(2,3)19(16,4)25/h5-10,16,25H,1-4H3,(H,20,23). The van der Waals surface area contributed by atoms with E-state index in [1.807, 2.05) is 0 Å². The van der Waals surface area contributed by atoms with Crippen molar-refractivity contribution in [3.8, 4) is 5.75 Å². The normalized spacial score (nSPS) is 22.7. The summed E-state index contributed by atoms with van der Waals surface area (Å²) in [6, 6.07) is 6.09. The van der Waals surface area contributed by atoms with Crippen molar-refractivity contribution in [3.63, 3.8) is 0 Å². The van der Waals surface area contributed by atoms with E-state index in [4.69, 9.17) is 4.74 Å². The molecule has 3 rings (SSSR count). The number of rotatable bonds is 3. The Balaban J connectivity index is 2.30. The molecule has 0 fully saturated rings. The van der Waals surface area contributed by atoms with Crippen molar-refractivity contribution in [2.45, 2.75) is 44.9 Å². The van der Waals surface area contributed by atoms with E-state index in [1.54, 1.807) is 19.9 Å². The van der Waals surface area contributed by atoms with Gasteiger partial charge < -0.3 is 19.7 Å². The molecular formula is C19H21N3O6. The number of amides is 1.